The third-order valence-corrected chi connectivity index (χ3v) is 4.61. The fraction of sp³-hybridized carbons (Fsp3) is 0.0909. The highest BCUT2D eigenvalue weighted by Gasteiger charge is 2.14. The monoisotopic (exact) mass is 391 g/mol. The summed E-state index contributed by atoms with van der Waals surface area (Å²) in [4.78, 5) is 4.40. The molecule has 0 atom stereocenters. The van der Waals surface area contributed by atoms with Crippen LogP contribution in [0.1, 0.15) is 5.56 Å². The molecular weight excluding hydrogens is 374 g/mol. The molecule has 5 nitrogen and oxygen atoms in total. The lowest BCUT2D eigenvalue weighted by molar-refractivity contribution is 0.284. The van der Waals surface area contributed by atoms with Gasteiger partial charge in [-0.2, -0.15) is 5.10 Å². The average molecular weight is 392 g/mol. The van der Waals surface area contributed by atoms with Crippen molar-refractivity contribution in [1.82, 2.24) is 14.8 Å². The molecule has 0 saturated carbocycles. The summed E-state index contributed by atoms with van der Waals surface area (Å²) in [5.74, 6) is 1.96. The standard InChI is InChI=1S/C22H18ClN3O2/c1-27-21-13-17(11-12-20(21)28-14-16-7-3-2-4-8-16)22-24-15-25-26(22)19-10-6-5-9-18(19)23/h2-13,15H,14H2,1H3. The molecule has 140 valence electrons. The molecule has 3 aromatic carbocycles. The molecule has 0 fully saturated rings. The van der Waals surface area contributed by atoms with Crippen molar-refractivity contribution in [3.8, 4) is 28.6 Å². The average Bonchev–Trinajstić information content (AvgIpc) is 3.23. The lowest BCUT2D eigenvalue weighted by Crippen LogP contribution is -2.01. The molecule has 0 aliphatic heterocycles. The highest BCUT2D eigenvalue weighted by molar-refractivity contribution is 6.32. The number of ether oxygens (including phenoxy) is 2. The van der Waals surface area contributed by atoms with Gasteiger partial charge in [0.05, 0.1) is 17.8 Å². The van der Waals surface area contributed by atoms with E-state index in [1.54, 1.807) is 11.8 Å². The normalized spacial score (nSPS) is 10.6. The maximum Gasteiger partial charge on any atom is 0.163 e. The zero-order chi connectivity index (χ0) is 19.3. The Balaban J connectivity index is 1.64. The fourth-order valence-corrected chi connectivity index (χ4v) is 3.12. The summed E-state index contributed by atoms with van der Waals surface area (Å²) < 4.78 is 13.2. The van der Waals surface area contributed by atoms with Crippen molar-refractivity contribution in [2.24, 2.45) is 0 Å². The van der Waals surface area contributed by atoms with Gasteiger partial charge in [-0.25, -0.2) is 9.67 Å². The van der Waals surface area contributed by atoms with Crippen molar-refractivity contribution in [2.45, 2.75) is 6.61 Å². The summed E-state index contributed by atoms with van der Waals surface area (Å²) in [6.45, 7) is 0.465. The Morgan fingerprint density at radius 2 is 1.71 bits per heavy atom. The second-order valence-electron chi connectivity index (χ2n) is 6.09. The van der Waals surface area contributed by atoms with Gasteiger partial charge < -0.3 is 9.47 Å². The zero-order valence-electron chi connectivity index (χ0n) is 15.2. The quantitative estimate of drug-likeness (QED) is 0.454. The maximum absolute atomic E-state index is 6.33. The number of para-hydroxylation sites is 1. The van der Waals surface area contributed by atoms with Crippen molar-refractivity contribution in [1.29, 1.82) is 0 Å². The van der Waals surface area contributed by atoms with Crippen LogP contribution >= 0.6 is 11.6 Å². The molecule has 0 aliphatic rings. The first-order valence-electron chi connectivity index (χ1n) is 8.76. The Kier molecular flexibility index (Phi) is 5.26. The van der Waals surface area contributed by atoms with Crippen LogP contribution in [0, 0.1) is 0 Å². The fourth-order valence-electron chi connectivity index (χ4n) is 2.90. The summed E-state index contributed by atoms with van der Waals surface area (Å²) in [5, 5.41) is 4.93. The summed E-state index contributed by atoms with van der Waals surface area (Å²) in [6, 6.07) is 23.2. The Bertz CT molecular complexity index is 1080. The number of benzene rings is 3. The van der Waals surface area contributed by atoms with Crippen molar-refractivity contribution in [3.63, 3.8) is 0 Å². The van der Waals surface area contributed by atoms with Crippen LogP contribution in [0.5, 0.6) is 11.5 Å². The van der Waals surface area contributed by atoms with Gasteiger partial charge in [0.25, 0.3) is 0 Å². The Labute approximate surface area is 168 Å². The second kappa shape index (κ2) is 8.15. The number of methoxy groups -OCH3 is 1. The van der Waals surface area contributed by atoms with Crippen LogP contribution in [-0.2, 0) is 6.61 Å². The van der Waals surface area contributed by atoms with E-state index in [1.165, 1.54) is 6.33 Å². The first kappa shape index (κ1) is 18.1. The Hall–Kier alpha value is -3.31. The lowest BCUT2D eigenvalue weighted by atomic mass is 10.1. The largest absolute Gasteiger partial charge is 0.493 e. The molecule has 0 unspecified atom stereocenters. The van der Waals surface area contributed by atoms with Crippen LogP contribution in [0.3, 0.4) is 0 Å². The van der Waals surface area contributed by atoms with E-state index in [1.807, 2.05) is 72.8 Å². The van der Waals surface area contributed by atoms with Gasteiger partial charge in [-0.15, -0.1) is 0 Å². The van der Waals surface area contributed by atoms with Crippen molar-refractivity contribution < 1.29 is 9.47 Å². The van der Waals surface area contributed by atoms with Gasteiger partial charge in [-0.3, -0.25) is 0 Å². The first-order valence-corrected chi connectivity index (χ1v) is 9.14. The van der Waals surface area contributed by atoms with Crippen LogP contribution in [0.15, 0.2) is 79.1 Å². The van der Waals surface area contributed by atoms with Crippen LogP contribution in [0.4, 0.5) is 0 Å². The van der Waals surface area contributed by atoms with Gasteiger partial charge in [-0.05, 0) is 35.9 Å². The molecule has 1 aromatic heterocycles. The van der Waals surface area contributed by atoms with E-state index in [9.17, 15) is 0 Å². The Morgan fingerprint density at radius 3 is 2.50 bits per heavy atom. The molecule has 0 spiro atoms. The van der Waals surface area contributed by atoms with Gasteiger partial charge in [0, 0.05) is 5.56 Å². The number of hydrogen-bond acceptors (Lipinski definition) is 4. The van der Waals surface area contributed by atoms with Gasteiger partial charge >= 0.3 is 0 Å². The molecule has 0 radical (unpaired) electrons. The topological polar surface area (TPSA) is 49.2 Å². The second-order valence-corrected chi connectivity index (χ2v) is 6.49. The molecule has 1 heterocycles. The van der Waals surface area contributed by atoms with E-state index in [-0.39, 0.29) is 0 Å². The van der Waals surface area contributed by atoms with Crippen molar-refractivity contribution in [3.05, 3.63) is 89.7 Å². The lowest BCUT2D eigenvalue weighted by Gasteiger charge is -2.13. The number of rotatable bonds is 6. The molecule has 0 saturated heterocycles. The molecule has 4 aromatic rings. The summed E-state index contributed by atoms with van der Waals surface area (Å²) in [7, 11) is 1.62. The third-order valence-electron chi connectivity index (χ3n) is 4.29. The highest BCUT2D eigenvalue weighted by Crippen LogP contribution is 2.33. The summed E-state index contributed by atoms with van der Waals surface area (Å²) in [6.07, 6.45) is 1.50. The van der Waals surface area contributed by atoms with Crippen LogP contribution in [-0.4, -0.2) is 21.9 Å². The van der Waals surface area contributed by atoms with Crippen molar-refractivity contribution in [2.75, 3.05) is 7.11 Å². The van der Waals surface area contributed by atoms with E-state index >= 15 is 0 Å². The minimum Gasteiger partial charge on any atom is -0.493 e. The molecule has 4 rings (SSSR count). The van der Waals surface area contributed by atoms with Crippen molar-refractivity contribution >= 4 is 11.6 Å². The molecule has 0 amide bonds. The van der Waals surface area contributed by atoms with Crippen LogP contribution < -0.4 is 9.47 Å². The summed E-state index contributed by atoms with van der Waals surface area (Å²) in [5.41, 5.74) is 2.70. The third kappa shape index (κ3) is 3.70. The maximum atomic E-state index is 6.33. The van der Waals surface area contributed by atoms with Gasteiger partial charge in [0.2, 0.25) is 0 Å². The number of nitrogens with zero attached hydrogens (tertiary/aromatic N) is 3. The van der Waals surface area contributed by atoms with Crippen LogP contribution in [0.2, 0.25) is 5.02 Å². The number of halogens is 1. The molecule has 6 heteroatoms. The van der Waals surface area contributed by atoms with Crippen LogP contribution in [0.25, 0.3) is 17.1 Å². The minimum atomic E-state index is 0.465. The molecule has 0 N–H and O–H groups in total. The minimum absolute atomic E-state index is 0.465. The van der Waals surface area contributed by atoms with E-state index in [0.29, 0.717) is 29.0 Å². The SMILES string of the molecule is COc1cc(-c2ncnn2-c2ccccc2Cl)ccc1OCc1ccccc1. The molecule has 28 heavy (non-hydrogen) atoms. The molecular formula is C22H18ClN3O2. The molecule has 0 bridgehead atoms. The zero-order valence-corrected chi connectivity index (χ0v) is 16.0. The van der Waals surface area contributed by atoms with E-state index in [4.69, 9.17) is 21.1 Å². The highest BCUT2D eigenvalue weighted by atomic mass is 35.5. The van der Waals surface area contributed by atoms with Gasteiger partial charge in [0.1, 0.15) is 12.9 Å². The Morgan fingerprint density at radius 1 is 0.929 bits per heavy atom. The molecule has 0 aliphatic carbocycles. The predicted octanol–water partition coefficient (Wildman–Crippen LogP) is 5.18. The predicted molar refractivity (Wildman–Crippen MR) is 109 cm³/mol. The summed E-state index contributed by atoms with van der Waals surface area (Å²) >= 11 is 6.33. The number of aromatic nitrogens is 3. The van der Waals surface area contributed by atoms with E-state index < -0.39 is 0 Å². The van der Waals surface area contributed by atoms with E-state index in [0.717, 1.165) is 16.8 Å². The van der Waals surface area contributed by atoms with Gasteiger partial charge in [0.15, 0.2) is 17.3 Å². The first-order chi connectivity index (χ1) is 13.8. The van der Waals surface area contributed by atoms with E-state index in [2.05, 4.69) is 10.1 Å². The number of hydrogen-bond donors (Lipinski definition) is 0. The van der Waals surface area contributed by atoms with Gasteiger partial charge in [-0.1, -0.05) is 54.1 Å². The smallest absolute Gasteiger partial charge is 0.163 e.